The van der Waals surface area contributed by atoms with Gasteiger partial charge in [-0.15, -0.1) is 0 Å². The monoisotopic (exact) mass is 459 g/mol. The molecular formula is C23H25N9O2. The molecule has 1 unspecified atom stereocenters. The maximum absolute atomic E-state index is 12.7. The topological polar surface area (TPSA) is 182 Å². The average molecular weight is 460 g/mol. The van der Waals surface area contributed by atoms with Gasteiger partial charge in [0.25, 0.3) is 5.91 Å². The fourth-order valence-electron chi connectivity index (χ4n) is 3.67. The maximum atomic E-state index is 12.7. The van der Waals surface area contributed by atoms with Gasteiger partial charge in [0, 0.05) is 18.3 Å². The van der Waals surface area contributed by atoms with Crippen molar-refractivity contribution in [2.45, 2.75) is 44.8 Å². The molecule has 3 aromatic heterocycles. The lowest BCUT2D eigenvalue weighted by molar-refractivity contribution is 0.0576. The summed E-state index contributed by atoms with van der Waals surface area (Å²) in [6, 6.07) is 5.54. The second-order valence-corrected chi connectivity index (χ2v) is 8.97. The van der Waals surface area contributed by atoms with Crippen LogP contribution in [0.2, 0.25) is 0 Å². The van der Waals surface area contributed by atoms with Crippen LogP contribution in [0.5, 0.6) is 0 Å². The molecule has 0 saturated heterocycles. The van der Waals surface area contributed by atoms with Crippen molar-refractivity contribution in [3.63, 3.8) is 0 Å². The summed E-state index contributed by atoms with van der Waals surface area (Å²) < 4.78 is 1.50. The number of pyridine rings is 1. The Morgan fingerprint density at radius 1 is 1.29 bits per heavy atom. The number of nitrogens with zero attached hydrogens (tertiary/aromatic N) is 7. The molecule has 0 radical (unpaired) electrons. The second-order valence-electron chi connectivity index (χ2n) is 8.97. The Hall–Kier alpha value is -4.17. The van der Waals surface area contributed by atoms with Gasteiger partial charge in [0.05, 0.1) is 35.8 Å². The van der Waals surface area contributed by atoms with E-state index in [1.165, 1.54) is 17.1 Å². The molecule has 0 aliphatic heterocycles. The first-order chi connectivity index (χ1) is 16.1. The number of anilines is 1. The molecule has 3 aromatic rings. The third-order valence-electron chi connectivity index (χ3n) is 5.39. The van der Waals surface area contributed by atoms with E-state index >= 15 is 0 Å². The normalized spacial score (nSPS) is 15.1. The molecule has 34 heavy (non-hydrogen) atoms. The number of aliphatic hydroxyl groups is 1. The van der Waals surface area contributed by atoms with Crippen LogP contribution >= 0.6 is 0 Å². The summed E-state index contributed by atoms with van der Waals surface area (Å²) in [7, 11) is 0. The number of nitriles is 1. The molecular weight excluding hydrogens is 434 g/mol. The van der Waals surface area contributed by atoms with E-state index in [0.717, 1.165) is 18.4 Å². The van der Waals surface area contributed by atoms with Gasteiger partial charge in [-0.1, -0.05) is 6.07 Å². The van der Waals surface area contributed by atoms with Crippen molar-refractivity contribution < 1.29 is 9.90 Å². The maximum Gasteiger partial charge on any atom is 0.281 e. The first-order valence-electron chi connectivity index (χ1n) is 10.8. The Balaban J connectivity index is 1.55. The molecule has 1 aliphatic rings. The number of hydrogen-bond donors (Lipinski definition) is 3. The van der Waals surface area contributed by atoms with E-state index in [-0.39, 0.29) is 35.7 Å². The van der Waals surface area contributed by atoms with Crippen molar-refractivity contribution >= 4 is 17.6 Å². The molecule has 174 valence electrons. The first kappa shape index (κ1) is 23.0. The number of aliphatic imine (C=N–C) groups is 1. The van der Waals surface area contributed by atoms with Gasteiger partial charge in [-0.05, 0) is 44.2 Å². The van der Waals surface area contributed by atoms with Crippen molar-refractivity contribution in [2.75, 3.05) is 5.73 Å². The van der Waals surface area contributed by atoms with Crippen LogP contribution in [0.1, 0.15) is 54.2 Å². The lowest BCUT2D eigenvalue weighted by atomic mass is 9.94. The highest BCUT2D eigenvalue weighted by molar-refractivity contribution is 6.04. The summed E-state index contributed by atoms with van der Waals surface area (Å²) in [5.74, 6) is -0.170. The van der Waals surface area contributed by atoms with Gasteiger partial charge >= 0.3 is 0 Å². The molecule has 1 fully saturated rings. The zero-order valence-electron chi connectivity index (χ0n) is 18.9. The van der Waals surface area contributed by atoms with Crippen LogP contribution in [0.4, 0.5) is 5.82 Å². The largest absolute Gasteiger partial charge is 0.389 e. The quantitative estimate of drug-likeness (QED) is 0.349. The Bertz CT molecular complexity index is 1280. The molecule has 1 amide bonds. The Labute approximate surface area is 196 Å². The number of rotatable bonds is 7. The summed E-state index contributed by atoms with van der Waals surface area (Å²) in [6.07, 6.45) is 8.06. The van der Waals surface area contributed by atoms with E-state index in [0.29, 0.717) is 17.0 Å². The van der Waals surface area contributed by atoms with E-state index in [4.69, 9.17) is 16.7 Å². The highest BCUT2D eigenvalue weighted by atomic mass is 16.3. The number of carbonyl (C=O) groups excluding carboxylic acids is 1. The summed E-state index contributed by atoms with van der Waals surface area (Å²) in [5.41, 5.74) is 13.1. The molecule has 11 nitrogen and oxygen atoms in total. The fourth-order valence-corrected chi connectivity index (χ4v) is 3.67. The van der Waals surface area contributed by atoms with Gasteiger partial charge in [0.15, 0.2) is 11.5 Å². The van der Waals surface area contributed by atoms with Crippen LogP contribution in [-0.2, 0) is 6.54 Å². The van der Waals surface area contributed by atoms with Gasteiger partial charge in [-0.25, -0.2) is 9.97 Å². The average Bonchev–Trinajstić information content (AvgIpc) is 3.51. The third kappa shape index (κ3) is 5.24. The minimum atomic E-state index is -0.959. The lowest BCUT2D eigenvalue weighted by Crippen LogP contribution is -2.26. The van der Waals surface area contributed by atoms with Gasteiger partial charge in [-0.2, -0.15) is 15.4 Å². The zero-order valence-corrected chi connectivity index (χ0v) is 18.9. The van der Waals surface area contributed by atoms with Crippen LogP contribution in [-0.4, -0.2) is 47.2 Å². The van der Waals surface area contributed by atoms with Crippen molar-refractivity contribution in [2.24, 2.45) is 16.6 Å². The van der Waals surface area contributed by atoms with Crippen LogP contribution in [0.15, 0.2) is 41.9 Å². The second kappa shape index (κ2) is 8.99. The van der Waals surface area contributed by atoms with Gasteiger partial charge < -0.3 is 16.6 Å². The summed E-state index contributed by atoms with van der Waals surface area (Å²) in [4.78, 5) is 29.5. The number of amides is 1. The molecule has 4 rings (SSSR count). The Morgan fingerprint density at radius 2 is 2.06 bits per heavy atom. The van der Waals surface area contributed by atoms with Gasteiger partial charge in [-0.3, -0.25) is 14.5 Å². The van der Waals surface area contributed by atoms with E-state index in [1.807, 2.05) is 12.1 Å². The Morgan fingerprint density at radius 3 is 2.68 bits per heavy atom. The molecule has 0 spiro atoms. The van der Waals surface area contributed by atoms with Crippen LogP contribution < -0.4 is 11.5 Å². The summed E-state index contributed by atoms with van der Waals surface area (Å²) >= 11 is 0. The first-order valence-corrected chi connectivity index (χ1v) is 10.8. The number of nitrogen functional groups attached to an aromatic ring is 1. The van der Waals surface area contributed by atoms with E-state index in [2.05, 4.69) is 25.0 Å². The standard InChI is InChI=1S/C23H25N9O2/c1-23(2,34)12-32-11-15(9-29-32)22(33)31-21(26)19(13-3-4-13)14-5-6-16(27-8-14)18-10-28-20(25)17(7-24)30-18/h5-6,8-11,13,19,34H,3-4,12H2,1-2H3,(H2,25,28)(H2,26,31,33). The van der Waals surface area contributed by atoms with Gasteiger partial charge in [0.2, 0.25) is 0 Å². The Kier molecular flexibility index (Phi) is 6.08. The molecule has 11 heteroatoms. The number of carbonyl (C=O) groups is 1. The van der Waals surface area contributed by atoms with Crippen LogP contribution in [0, 0.1) is 17.2 Å². The van der Waals surface area contributed by atoms with Crippen LogP contribution in [0.3, 0.4) is 0 Å². The molecule has 1 aliphatic carbocycles. The fraction of sp³-hybridized carbons (Fsp3) is 0.348. The number of nitrogens with two attached hydrogens (primary N) is 2. The number of hydrogen-bond acceptors (Lipinski definition) is 8. The minimum Gasteiger partial charge on any atom is -0.389 e. The van der Waals surface area contributed by atoms with E-state index < -0.39 is 11.5 Å². The van der Waals surface area contributed by atoms with E-state index in [1.54, 1.807) is 32.3 Å². The molecule has 0 aromatic carbocycles. The highest BCUT2D eigenvalue weighted by Gasteiger charge is 2.35. The van der Waals surface area contributed by atoms with Crippen molar-refractivity contribution in [1.82, 2.24) is 24.7 Å². The van der Waals surface area contributed by atoms with Crippen molar-refractivity contribution in [3.05, 3.63) is 53.7 Å². The predicted octanol–water partition coefficient (Wildman–Crippen LogP) is 1.65. The number of amidine groups is 1. The van der Waals surface area contributed by atoms with E-state index in [9.17, 15) is 9.90 Å². The predicted molar refractivity (Wildman–Crippen MR) is 124 cm³/mol. The lowest BCUT2D eigenvalue weighted by Gasteiger charge is -2.16. The summed E-state index contributed by atoms with van der Waals surface area (Å²) in [6.45, 7) is 3.57. The highest BCUT2D eigenvalue weighted by Crippen LogP contribution is 2.42. The molecule has 5 N–H and O–H groups in total. The molecule has 3 heterocycles. The zero-order chi connectivity index (χ0) is 24.5. The van der Waals surface area contributed by atoms with Crippen LogP contribution in [0.25, 0.3) is 11.4 Å². The SMILES string of the molecule is CC(C)(O)Cn1cc(C(=O)N=C(N)C(c2ccc(-c3cnc(N)c(C#N)n3)nc2)C2CC2)cn1. The van der Waals surface area contributed by atoms with Crippen molar-refractivity contribution in [3.8, 4) is 17.5 Å². The van der Waals surface area contributed by atoms with Gasteiger partial charge in [0.1, 0.15) is 17.6 Å². The van der Waals surface area contributed by atoms with Crippen molar-refractivity contribution in [1.29, 1.82) is 5.26 Å². The minimum absolute atomic E-state index is 0.0417. The summed E-state index contributed by atoms with van der Waals surface area (Å²) in [5, 5.41) is 23.2. The number of aromatic nitrogens is 5. The molecule has 0 bridgehead atoms. The third-order valence-corrected chi connectivity index (χ3v) is 5.39. The molecule has 1 saturated carbocycles. The smallest absolute Gasteiger partial charge is 0.281 e. The molecule has 1 atom stereocenters.